The van der Waals surface area contributed by atoms with Gasteiger partial charge in [-0.05, 0) is 55.8 Å². The predicted octanol–water partition coefficient (Wildman–Crippen LogP) is 4.50. The van der Waals surface area contributed by atoms with Crippen LogP contribution in [0.15, 0.2) is 30.3 Å². The molecule has 1 aromatic carbocycles. The van der Waals surface area contributed by atoms with Crippen LogP contribution in [0.1, 0.15) is 37.1 Å². The van der Waals surface area contributed by atoms with Crippen molar-refractivity contribution in [3.05, 3.63) is 40.8 Å². The highest BCUT2D eigenvalue weighted by atomic mass is 35.5. The molecule has 33 heavy (non-hydrogen) atoms. The van der Waals surface area contributed by atoms with E-state index in [1.807, 2.05) is 18.2 Å². The number of thiophene rings is 1. The largest absolute Gasteiger partial charge is 0.493 e. The molecule has 0 atom stereocenters. The number of benzene rings is 1. The SMILES string of the molecule is COc1ccc(/C(C#N)=C/c2ccc(N3CCC(OC(=O)C(C)(C)N)CC3)s2)cc1OC.Cl. The number of nitrogens with two attached hydrogens (primary N) is 1. The number of carbonyl (C=O) groups is 1. The number of ether oxygens (including phenoxy) is 3. The Morgan fingerprint density at radius 2 is 1.85 bits per heavy atom. The summed E-state index contributed by atoms with van der Waals surface area (Å²) in [5.74, 6) is 0.842. The number of piperidine rings is 1. The summed E-state index contributed by atoms with van der Waals surface area (Å²) in [4.78, 5) is 15.3. The van der Waals surface area contributed by atoms with Crippen molar-refractivity contribution in [2.24, 2.45) is 5.73 Å². The Balaban J connectivity index is 0.00000385. The van der Waals surface area contributed by atoms with Gasteiger partial charge in [0.1, 0.15) is 11.6 Å². The number of carbonyl (C=O) groups excluding carboxylic acids is 1. The Morgan fingerprint density at radius 3 is 2.42 bits per heavy atom. The molecule has 2 aromatic rings. The van der Waals surface area contributed by atoms with Crippen molar-refractivity contribution < 1.29 is 19.0 Å². The van der Waals surface area contributed by atoms with Crippen molar-refractivity contribution in [1.29, 1.82) is 5.26 Å². The van der Waals surface area contributed by atoms with Gasteiger partial charge in [0, 0.05) is 30.8 Å². The zero-order valence-electron chi connectivity index (χ0n) is 19.3. The highest BCUT2D eigenvalue weighted by Gasteiger charge is 2.29. The molecule has 0 spiro atoms. The van der Waals surface area contributed by atoms with Gasteiger partial charge in [-0.2, -0.15) is 5.26 Å². The van der Waals surface area contributed by atoms with Crippen molar-refractivity contribution in [3.8, 4) is 17.6 Å². The summed E-state index contributed by atoms with van der Waals surface area (Å²) in [5, 5.41) is 10.8. The van der Waals surface area contributed by atoms with E-state index >= 15 is 0 Å². The van der Waals surface area contributed by atoms with E-state index in [9.17, 15) is 10.1 Å². The number of rotatable bonds is 7. The summed E-state index contributed by atoms with van der Waals surface area (Å²) < 4.78 is 16.2. The van der Waals surface area contributed by atoms with Crippen LogP contribution in [-0.2, 0) is 9.53 Å². The average Bonchev–Trinajstić information content (AvgIpc) is 3.25. The molecule has 1 fully saturated rings. The van der Waals surface area contributed by atoms with Gasteiger partial charge in [0.2, 0.25) is 0 Å². The van der Waals surface area contributed by atoms with Crippen LogP contribution in [0.5, 0.6) is 11.5 Å². The number of anilines is 1. The summed E-state index contributed by atoms with van der Waals surface area (Å²) in [6.45, 7) is 4.91. The second kappa shape index (κ2) is 11.4. The first-order valence-electron chi connectivity index (χ1n) is 10.4. The Morgan fingerprint density at radius 1 is 1.18 bits per heavy atom. The normalized spacial score (nSPS) is 14.8. The molecule has 0 amide bonds. The lowest BCUT2D eigenvalue weighted by molar-refractivity contribution is -0.155. The zero-order valence-corrected chi connectivity index (χ0v) is 20.9. The number of allylic oxidation sites excluding steroid dienone is 1. The molecule has 9 heteroatoms. The number of halogens is 1. The highest BCUT2D eigenvalue weighted by Crippen LogP contribution is 2.34. The lowest BCUT2D eigenvalue weighted by atomic mass is 10.1. The number of nitrogens with zero attached hydrogens (tertiary/aromatic N) is 2. The predicted molar refractivity (Wildman–Crippen MR) is 134 cm³/mol. The number of esters is 1. The van der Waals surface area contributed by atoms with Crippen molar-refractivity contribution in [1.82, 2.24) is 0 Å². The fraction of sp³-hybridized carbons (Fsp3) is 0.417. The molecule has 2 N–H and O–H groups in total. The summed E-state index contributed by atoms with van der Waals surface area (Å²) in [7, 11) is 3.15. The maximum absolute atomic E-state index is 12.0. The second-order valence-electron chi connectivity index (χ2n) is 8.23. The summed E-state index contributed by atoms with van der Waals surface area (Å²) >= 11 is 1.63. The Bertz CT molecular complexity index is 1030. The fourth-order valence-electron chi connectivity index (χ4n) is 3.41. The topological polar surface area (TPSA) is 97.8 Å². The van der Waals surface area contributed by atoms with E-state index in [4.69, 9.17) is 19.9 Å². The highest BCUT2D eigenvalue weighted by molar-refractivity contribution is 7.17. The van der Waals surface area contributed by atoms with E-state index in [2.05, 4.69) is 17.0 Å². The Hall–Kier alpha value is -2.73. The summed E-state index contributed by atoms with van der Waals surface area (Å²) in [6, 6.07) is 11.8. The van der Waals surface area contributed by atoms with Crippen molar-refractivity contribution in [2.45, 2.75) is 38.3 Å². The van der Waals surface area contributed by atoms with Crippen LogP contribution in [0.25, 0.3) is 11.6 Å². The fourth-order valence-corrected chi connectivity index (χ4v) is 4.42. The van der Waals surface area contributed by atoms with Gasteiger partial charge < -0.3 is 24.8 Å². The first kappa shape index (κ1) is 26.5. The number of nitriles is 1. The van der Waals surface area contributed by atoms with Gasteiger partial charge >= 0.3 is 5.97 Å². The molecule has 0 radical (unpaired) electrons. The summed E-state index contributed by atoms with van der Waals surface area (Å²) in [5.41, 5.74) is 6.16. The molecule has 7 nitrogen and oxygen atoms in total. The van der Waals surface area contributed by atoms with Gasteiger partial charge in [-0.1, -0.05) is 0 Å². The van der Waals surface area contributed by atoms with Crippen LogP contribution < -0.4 is 20.1 Å². The van der Waals surface area contributed by atoms with Crippen molar-refractivity contribution in [2.75, 3.05) is 32.2 Å². The number of hydrogen-bond donors (Lipinski definition) is 1. The molecular weight excluding hydrogens is 462 g/mol. The second-order valence-corrected chi connectivity index (χ2v) is 9.32. The minimum absolute atomic E-state index is 0. The maximum atomic E-state index is 12.0. The van der Waals surface area contributed by atoms with Gasteiger partial charge in [-0.3, -0.25) is 4.79 Å². The van der Waals surface area contributed by atoms with Crippen molar-refractivity contribution >= 4 is 46.4 Å². The molecule has 1 aliphatic rings. The third kappa shape index (κ3) is 6.64. The van der Waals surface area contributed by atoms with Crippen LogP contribution in [0.2, 0.25) is 0 Å². The average molecular weight is 492 g/mol. The van der Waals surface area contributed by atoms with Gasteiger partial charge in [0.15, 0.2) is 11.5 Å². The zero-order chi connectivity index (χ0) is 23.3. The van der Waals surface area contributed by atoms with E-state index in [1.165, 1.54) is 0 Å². The molecule has 1 aliphatic heterocycles. The van der Waals surface area contributed by atoms with Gasteiger partial charge in [-0.15, -0.1) is 23.7 Å². The molecule has 0 saturated carbocycles. The van der Waals surface area contributed by atoms with Crippen LogP contribution in [0, 0.1) is 11.3 Å². The monoisotopic (exact) mass is 491 g/mol. The van der Waals surface area contributed by atoms with E-state index < -0.39 is 5.54 Å². The maximum Gasteiger partial charge on any atom is 0.325 e. The van der Waals surface area contributed by atoms with Crippen molar-refractivity contribution in [3.63, 3.8) is 0 Å². The van der Waals surface area contributed by atoms with Crippen LogP contribution in [-0.4, -0.2) is 44.9 Å². The molecule has 3 rings (SSSR count). The lowest BCUT2D eigenvalue weighted by Gasteiger charge is -2.33. The van der Waals surface area contributed by atoms with Gasteiger partial charge in [0.25, 0.3) is 0 Å². The molecule has 2 heterocycles. The molecular formula is C24H30ClN3O4S. The van der Waals surface area contributed by atoms with Crippen LogP contribution in [0.4, 0.5) is 5.00 Å². The van der Waals surface area contributed by atoms with E-state index in [0.717, 1.165) is 41.4 Å². The Kier molecular flexibility index (Phi) is 9.17. The molecule has 0 aliphatic carbocycles. The molecule has 1 saturated heterocycles. The minimum Gasteiger partial charge on any atom is -0.493 e. The van der Waals surface area contributed by atoms with Crippen LogP contribution >= 0.6 is 23.7 Å². The third-order valence-corrected chi connectivity index (χ3v) is 6.36. The van der Waals surface area contributed by atoms with Gasteiger partial charge in [0.05, 0.1) is 30.9 Å². The van der Waals surface area contributed by atoms with Crippen LogP contribution in [0.3, 0.4) is 0 Å². The van der Waals surface area contributed by atoms with E-state index in [0.29, 0.717) is 17.1 Å². The first-order valence-corrected chi connectivity index (χ1v) is 11.3. The third-order valence-electron chi connectivity index (χ3n) is 5.27. The first-order chi connectivity index (χ1) is 15.2. The quantitative estimate of drug-likeness (QED) is 0.449. The standard InChI is InChI=1S/C24H29N3O4S.ClH/c1-24(2,26)23(28)31-18-9-11-27(12-10-18)22-8-6-19(32-22)13-17(15-25)16-5-7-20(29-3)21(14-16)30-4;/h5-8,13-14,18H,9-12,26H2,1-4H3;1H/b17-13+;. The number of methoxy groups -OCH3 is 2. The number of hydrogen-bond acceptors (Lipinski definition) is 8. The minimum atomic E-state index is -0.974. The molecule has 178 valence electrons. The van der Waals surface area contributed by atoms with Gasteiger partial charge in [-0.25, -0.2) is 0 Å². The molecule has 0 bridgehead atoms. The molecule has 0 unspecified atom stereocenters. The van der Waals surface area contributed by atoms with E-state index in [-0.39, 0.29) is 24.5 Å². The summed E-state index contributed by atoms with van der Waals surface area (Å²) in [6.07, 6.45) is 3.31. The lowest BCUT2D eigenvalue weighted by Crippen LogP contribution is -2.46. The van der Waals surface area contributed by atoms with E-state index in [1.54, 1.807) is 51.5 Å². The Labute approximate surface area is 205 Å². The molecule has 1 aromatic heterocycles. The smallest absolute Gasteiger partial charge is 0.325 e.